The molecule has 1 aliphatic heterocycles. The van der Waals surface area contributed by atoms with Crippen LogP contribution in [0, 0.1) is 11.8 Å². The van der Waals surface area contributed by atoms with Crippen LogP contribution in [0.3, 0.4) is 0 Å². The van der Waals surface area contributed by atoms with Gasteiger partial charge in [0, 0.05) is 25.2 Å². The van der Waals surface area contributed by atoms with E-state index in [1.54, 1.807) is 0 Å². The maximum absolute atomic E-state index is 5.51. The van der Waals surface area contributed by atoms with E-state index in [-0.39, 0.29) is 0 Å². The monoisotopic (exact) mass is 254 g/mol. The summed E-state index contributed by atoms with van der Waals surface area (Å²) in [5, 5.41) is 3.54. The van der Waals surface area contributed by atoms with Crippen LogP contribution in [0.4, 0.5) is 0 Å². The maximum atomic E-state index is 5.51. The van der Waals surface area contributed by atoms with E-state index in [0.717, 1.165) is 31.1 Å². The van der Waals surface area contributed by atoms with Crippen molar-refractivity contribution in [1.82, 2.24) is 10.2 Å². The van der Waals surface area contributed by atoms with Gasteiger partial charge in [-0.25, -0.2) is 0 Å². The summed E-state index contributed by atoms with van der Waals surface area (Å²) in [5.74, 6) is 1.77. The van der Waals surface area contributed by atoms with Crippen molar-refractivity contribution < 1.29 is 4.74 Å². The van der Waals surface area contributed by atoms with Gasteiger partial charge in [-0.1, -0.05) is 13.3 Å². The third kappa shape index (κ3) is 3.46. The average molecular weight is 254 g/mol. The van der Waals surface area contributed by atoms with Gasteiger partial charge in [0.15, 0.2) is 0 Å². The van der Waals surface area contributed by atoms with Crippen LogP contribution in [-0.2, 0) is 4.74 Å². The molecule has 0 aromatic heterocycles. The zero-order valence-electron chi connectivity index (χ0n) is 12.3. The summed E-state index contributed by atoms with van der Waals surface area (Å²) in [6.07, 6.45) is 6.73. The van der Waals surface area contributed by atoms with E-state index in [1.165, 1.54) is 38.6 Å². The van der Waals surface area contributed by atoms with Crippen molar-refractivity contribution in [1.29, 1.82) is 0 Å². The minimum atomic E-state index is 0.657. The molecule has 3 nitrogen and oxygen atoms in total. The molecule has 0 radical (unpaired) electrons. The lowest BCUT2D eigenvalue weighted by molar-refractivity contribution is 0.116. The summed E-state index contributed by atoms with van der Waals surface area (Å²) in [6, 6.07) is 1.38. The molecule has 0 amide bonds. The Kier molecular flexibility index (Phi) is 5.46. The molecular weight excluding hydrogens is 224 g/mol. The molecule has 0 bridgehead atoms. The molecule has 1 heterocycles. The topological polar surface area (TPSA) is 24.5 Å². The van der Waals surface area contributed by atoms with E-state index in [9.17, 15) is 0 Å². The van der Waals surface area contributed by atoms with Gasteiger partial charge >= 0.3 is 0 Å². The van der Waals surface area contributed by atoms with Crippen LogP contribution in [-0.4, -0.2) is 50.8 Å². The number of nitrogens with one attached hydrogen (secondary N) is 1. The summed E-state index contributed by atoms with van der Waals surface area (Å²) in [7, 11) is 4.41. The number of hydrogen-bond donors (Lipinski definition) is 1. The number of rotatable bonds is 5. The number of likely N-dealkylation sites (N-methyl/N-ethyl adjacent to an activating group) is 1. The Hall–Kier alpha value is -0.120. The van der Waals surface area contributed by atoms with E-state index in [1.807, 2.05) is 0 Å². The Balaban J connectivity index is 1.87. The van der Waals surface area contributed by atoms with Crippen molar-refractivity contribution >= 4 is 0 Å². The first-order chi connectivity index (χ1) is 8.74. The highest BCUT2D eigenvalue weighted by Gasteiger charge is 2.31. The fourth-order valence-corrected chi connectivity index (χ4v) is 3.70. The van der Waals surface area contributed by atoms with Crippen molar-refractivity contribution in [2.24, 2.45) is 11.8 Å². The van der Waals surface area contributed by atoms with E-state index < -0.39 is 0 Å². The van der Waals surface area contributed by atoms with Crippen molar-refractivity contribution in [2.75, 3.05) is 33.9 Å². The van der Waals surface area contributed by atoms with Gasteiger partial charge in [-0.15, -0.1) is 0 Å². The molecule has 2 aliphatic rings. The molecule has 3 heteroatoms. The smallest absolute Gasteiger partial charge is 0.0622 e. The largest absolute Gasteiger partial charge is 0.380 e. The zero-order valence-corrected chi connectivity index (χ0v) is 12.3. The number of nitrogens with zero attached hydrogens (tertiary/aromatic N) is 1. The lowest BCUT2D eigenvalue weighted by atomic mass is 9.76. The minimum Gasteiger partial charge on any atom is -0.380 e. The predicted octanol–water partition coefficient (Wildman–Crippen LogP) is 2.12. The summed E-state index contributed by atoms with van der Waals surface area (Å²) in [4.78, 5) is 2.54. The molecule has 0 aromatic rings. The SMILES string of the molecule is CCC1CCC(NC)C(CN(C)C2CCOC2)C1. The predicted molar refractivity (Wildman–Crippen MR) is 75.8 cm³/mol. The third-order valence-electron chi connectivity index (χ3n) is 5.09. The minimum absolute atomic E-state index is 0.657. The molecule has 1 saturated carbocycles. The average Bonchev–Trinajstić information content (AvgIpc) is 2.92. The van der Waals surface area contributed by atoms with Crippen LogP contribution in [0.2, 0.25) is 0 Å². The Morgan fingerprint density at radius 2 is 2.11 bits per heavy atom. The van der Waals surface area contributed by atoms with Gasteiger partial charge in [-0.3, -0.25) is 0 Å². The van der Waals surface area contributed by atoms with Crippen LogP contribution in [0.1, 0.15) is 39.0 Å². The molecule has 4 unspecified atom stereocenters. The highest BCUT2D eigenvalue weighted by atomic mass is 16.5. The van der Waals surface area contributed by atoms with E-state index >= 15 is 0 Å². The van der Waals surface area contributed by atoms with Crippen LogP contribution in [0.5, 0.6) is 0 Å². The number of hydrogen-bond acceptors (Lipinski definition) is 3. The standard InChI is InChI=1S/C15H30N2O/c1-4-12-5-6-15(16-2)13(9-12)10-17(3)14-7-8-18-11-14/h12-16H,4-11H2,1-3H3. The molecule has 2 rings (SSSR count). The van der Waals surface area contributed by atoms with Crippen molar-refractivity contribution in [3.05, 3.63) is 0 Å². The Labute approximate surface area is 112 Å². The third-order valence-corrected chi connectivity index (χ3v) is 5.09. The second-order valence-electron chi connectivity index (χ2n) is 6.20. The maximum Gasteiger partial charge on any atom is 0.0622 e. The van der Waals surface area contributed by atoms with Gasteiger partial charge in [0.1, 0.15) is 0 Å². The van der Waals surface area contributed by atoms with Gasteiger partial charge in [0.2, 0.25) is 0 Å². The molecule has 106 valence electrons. The van der Waals surface area contributed by atoms with Crippen molar-refractivity contribution in [2.45, 2.75) is 51.1 Å². The van der Waals surface area contributed by atoms with Crippen LogP contribution in [0.25, 0.3) is 0 Å². The first-order valence-corrected chi connectivity index (χ1v) is 7.69. The molecule has 0 spiro atoms. The van der Waals surface area contributed by atoms with Gasteiger partial charge in [-0.2, -0.15) is 0 Å². The number of ether oxygens (including phenoxy) is 1. The Morgan fingerprint density at radius 3 is 2.72 bits per heavy atom. The van der Waals surface area contributed by atoms with Crippen molar-refractivity contribution in [3.63, 3.8) is 0 Å². The van der Waals surface area contributed by atoms with Gasteiger partial charge < -0.3 is 15.0 Å². The van der Waals surface area contributed by atoms with E-state index in [4.69, 9.17) is 4.74 Å². The van der Waals surface area contributed by atoms with Gasteiger partial charge in [0.25, 0.3) is 0 Å². The summed E-state index contributed by atoms with van der Waals surface area (Å²) in [6.45, 7) is 5.46. The van der Waals surface area contributed by atoms with Crippen LogP contribution >= 0.6 is 0 Å². The highest BCUT2D eigenvalue weighted by Crippen LogP contribution is 2.32. The lowest BCUT2D eigenvalue weighted by Gasteiger charge is -2.39. The van der Waals surface area contributed by atoms with Crippen molar-refractivity contribution in [3.8, 4) is 0 Å². The molecular formula is C15H30N2O. The van der Waals surface area contributed by atoms with E-state index in [0.29, 0.717) is 6.04 Å². The molecule has 2 fully saturated rings. The first kappa shape index (κ1) is 14.3. The molecule has 1 N–H and O–H groups in total. The molecule has 0 aromatic carbocycles. The molecule has 1 saturated heterocycles. The summed E-state index contributed by atoms with van der Waals surface area (Å²) >= 11 is 0. The van der Waals surface area contributed by atoms with Gasteiger partial charge in [-0.05, 0) is 51.6 Å². The fourth-order valence-electron chi connectivity index (χ4n) is 3.70. The first-order valence-electron chi connectivity index (χ1n) is 7.69. The Morgan fingerprint density at radius 1 is 1.28 bits per heavy atom. The zero-order chi connectivity index (χ0) is 13.0. The van der Waals surface area contributed by atoms with E-state index in [2.05, 4.69) is 31.2 Å². The normalized spacial score (nSPS) is 37.3. The molecule has 4 atom stereocenters. The van der Waals surface area contributed by atoms with Crippen LogP contribution in [0.15, 0.2) is 0 Å². The molecule has 1 aliphatic carbocycles. The second kappa shape index (κ2) is 6.88. The van der Waals surface area contributed by atoms with Gasteiger partial charge in [0.05, 0.1) is 6.61 Å². The lowest BCUT2D eigenvalue weighted by Crippen LogP contribution is -2.46. The summed E-state index contributed by atoms with van der Waals surface area (Å²) in [5.41, 5.74) is 0. The highest BCUT2D eigenvalue weighted by molar-refractivity contribution is 4.86. The quantitative estimate of drug-likeness (QED) is 0.813. The Bertz CT molecular complexity index is 241. The van der Waals surface area contributed by atoms with Crippen LogP contribution < -0.4 is 5.32 Å². The molecule has 18 heavy (non-hydrogen) atoms. The second-order valence-corrected chi connectivity index (χ2v) is 6.20. The summed E-state index contributed by atoms with van der Waals surface area (Å²) < 4.78 is 5.51. The fraction of sp³-hybridized carbons (Fsp3) is 1.00.